The number of hydrogen-bond acceptors (Lipinski definition) is 3. The van der Waals surface area contributed by atoms with Gasteiger partial charge >= 0.3 is 0 Å². The van der Waals surface area contributed by atoms with E-state index in [0.29, 0.717) is 0 Å². The van der Waals surface area contributed by atoms with Crippen LogP contribution in [0.5, 0.6) is 11.5 Å². The van der Waals surface area contributed by atoms with Crippen LogP contribution in [0.2, 0.25) is 0 Å². The molecule has 0 N–H and O–H groups in total. The molecule has 42 heavy (non-hydrogen) atoms. The van der Waals surface area contributed by atoms with E-state index in [9.17, 15) is 0 Å². The summed E-state index contributed by atoms with van der Waals surface area (Å²) in [7, 11) is 3.38. The Kier molecular flexibility index (Phi) is 6.44. The first-order chi connectivity index (χ1) is 20.6. The summed E-state index contributed by atoms with van der Waals surface area (Å²) in [6, 6.07) is 44.5. The summed E-state index contributed by atoms with van der Waals surface area (Å²) in [5.41, 5.74) is 7.33. The lowest BCUT2D eigenvalue weighted by Gasteiger charge is -2.17. The van der Waals surface area contributed by atoms with E-state index in [1.54, 1.807) is 14.2 Å². The van der Waals surface area contributed by atoms with E-state index in [0.717, 1.165) is 61.9 Å². The second kappa shape index (κ2) is 10.6. The number of methoxy groups -OCH3 is 2. The molecule has 0 aliphatic rings. The zero-order valence-electron chi connectivity index (χ0n) is 23.8. The van der Waals surface area contributed by atoms with Gasteiger partial charge in [0.2, 0.25) is 0 Å². The van der Waals surface area contributed by atoms with Crippen molar-refractivity contribution in [2.45, 2.75) is 6.92 Å². The molecule has 204 valence electrons. The molecule has 0 bridgehead atoms. The Morgan fingerprint density at radius 3 is 1.64 bits per heavy atom. The number of aromatic nitrogens is 2. The van der Waals surface area contributed by atoms with Crippen molar-refractivity contribution in [3.63, 3.8) is 0 Å². The molecule has 4 nitrogen and oxygen atoms in total. The monoisotopic (exact) mass is 546 g/mol. The van der Waals surface area contributed by atoms with Crippen molar-refractivity contribution in [1.82, 2.24) is 9.55 Å². The fourth-order valence-electron chi connectivity index (χ4n) is 5.75. The van der Waals surface area contributed by atoms with Gasteiger partial charge in [0.15, 0.2) is 0 Å². The van der Waals surface area contributed by atoms with E-state index >= 15 is 0 Å². The molecule has 6 aromatic carbocycles. The van der Waals surface area contributed by atoms with E-state index in [1.165, 1.54) is 16.3 Å². The third-order valence-corrected chi connectivity index (χ3v) is 7.89. The number of hydrogen-bond donors (Lipinski definition) is 0. The minimum atomic E-state index is 0.808. The summed E-state index contributed by atoms with van der Waals surface area (Å²) in [6.07, 6.45) is 0. The molecular formula is C38H30N2O2. The lowest BCUT2D eigenvalue weighted by atomic mass is 9.96. The maximum atomic E-state index is 5.52. The van der Waals surface area contributed by atoms with Crippen molar-refractivity contribution in [1.29, 1.82) is 0 Å². The SMILES string of the molecule is COc1ccc(-c2nc(-c3c4ccccc4cc4ccccc34)n(-c3ccc(C)cc3)c2-c2ccc(OC)cc2)cc1. The zero-order chi connectivity index (χ0) is 28.6. The van der Waals surface area contributed by atoms with E-state index in [1.807, 2.05) is 24.3 Å². The summed E-state index contributed by atoms with van der Waals surface area (Å²) in [5, 5.41) is 4.69. The second-order valence-electron chi connectivity index (χ2n) is 10.5. The van der Waals surface area contributed by atoms with Crippen molar-refractivity contribution in [2.75, 3.05) is 14.2 Å². The molecule has 1 heterocycles. The van der Waals surface area contributed by atoms with E-state index in [2.05, 4.69) is 115 Å². The molecule has 0 amide bonds. The predicted molar refractivity (Wildman–Crippen MR) is 173 cm³/mol. The van der Waals surface area contributed by atoms with Crippen molar-refractivity contribution < 1.29 is 9.47 Å². The van der Waals surface area contributed by atoms with Crippen LogP contribution in [0.1, 0.15) is 5.56 Å². The van der Waals surface area contributed by atoms with Gasteiger partial charge in [0.05, 0.1) is 25.6 Å². The summed E-state index contributed by atoms with van der Waals surface area (Å²) in [6.45, 7) is 2.12. The largest absolute Gasteiger partial charge is 0.497 e. The van der Waals surface area contributed by atoms with Crippen LogP contribution in [-0.4, -0.2) is 23.8 Å². The highest BCUT2D eigenvalue weighted by atomic mass is 16.5. The van der Waals surface area contributed by atoms with Crippen molar-refractivity contribution in [2.24, 2.45) is 0 Å². The smallest absolute Gasteiger partial charge is 0.147 e. The second-order valence-corrected chi connectivity index (χ2v) is 10.5. The highest BCUT2D eigenvalue weighted by molar-refractivity contribution is 6.12. The number of imidazole rings is 1. The molecule has 1 aromatic heterocycles. The fraction of sp³-hybridized carbons (Fsp3) is 0.0789. The van der Waals surface area contributed by atoms with E-state index < -0.39 is 0 Å². The third kappa shape index (κ3) is 4.38. The minimum Gasteiger partial charge on any atom is -0.497 e. The maximum Gasteiger partial charge on any atom is 0.147 e. The summed E-state index contributed by atoms with van der Waals surface area (Å²) in [5.74, 6) is 2.51. The molecular weight excluding hydrogens is 516 g/mol. The fourth-order valence-corrected chi connectivity index (χ4v) is 5.75. The Bertz CT molecular complexity index is 1980. The molecule has 0 spiro atoms. The molecule has 0 fully saturated rings. The maximum absolute atomic E-state index is 5.52. The molecule has 0 saturated carbocycles. The first kappa shape index (κ1) is 25.6. The quantitative estimate of drug-likeness (QED) is 0.195. The molecule has 0 saturated heterocycles. The number of ether oxygens (including phenoxy) is 2. The lowest BCUT2D eigenvalue weighted by molar-refractivity contribution is 0.414. The molecule has 7 aromatic rings. The topological polar surface area (TPSA) is 36.3 Å². The summed E-state index contributed by atoms with van der Waals surface area (Å²) >= 11 is 0. The number of benzene rings is 6. The number of rotatable bonds is 6. The van der Waals surface area contributed by atoms with Crippen LogP contribution >= 0.6 is 0 Å². The molecule has 0 radical (unpaired) electrons. The van der Waals surface area contributed by atoms with E-state index in [4.69, 9.17) is 14.5 Å². The minimum absolute atomic E-state index is 0.808. The Morgan fingerprint density at radius 1 is 0.571 bits per heavy atom. The Balaban J connectivity index is 1.64. The number of aryl methyl sites for hydroxylation is 1. The van der Waals surface area contributed by atoms with Crippen LogP contribution in [-0.2, 0) is 0 Å². The zero-order valence-corrected chi connectivity index (χ0v) is 23.8. The van der Waals surface area contributed by atoms with E-state index in [-0.39, 0.29) is 0 Å². The van der Waals surface area contributed by atoms with Gasteiger partial charge in [0, 0.05) is 22.4 Å². The van der Waals surface area contributed by atoms with Crippen LogP contribution in [0.25, 0.3) is 61.1 Å². The van der Waals surface area contributed by atoms with Crippen molar-refractivity contribution >= 4 is 21.5 Å². The van der Waals surface area contributed by atoms with Crippen molar-refractivity contribution in [3.05, 3.63) is 133 Å². The predicted octanol–water partition coefficient (Wildman–Crippen LogP) is 9.51. The van der Waals surface area contributed by atoms with Gasteiger partial charge in [-0.3, -0.25) is 4.57 Å². The molecule has 0 unspecified atom stereocenters. The molecule has 0 atom stereocenters. The number of nitrogens with zero attached hydrogens (tertiary/aromatic N) is 2. The summed E-state index contributed by atoms with van der Waals surface area (Å²) in [4.78, 5) is 5.52. The van der Waals surface area contributed by atoms with Crippen LogP contribution in [0.4, 0.5) is 0 Å². The first-order valence-electron chi connectivity index (χ1n) is 14.0. The van der Waals surface area contributed by atoms with Gasteiger partial charge in [0.1, 0.15) is 17.3 Å². The van der Waals surface area contributed by atoms with Crippen LogP contribution in [0.15, 0.2) is 127 Å². The van der Waals surface area contributed by atoms with Gasteiger partial charge in [0.25, 0.3) is 0 Å². The standard InChI is InChI=1S/C38H30N2O2/c1-25-12-18-30(19-13-25)40-37(27-16-22-32(42-3)23-17-27)36(26-14-20-31(41-2)21-15-26)39-38(40)35-33-10-6-4-8-28(33)24-29-9-5-7-11-34(29)35/h4-24H,1-3H3. The lowest BCUT2D eigenvalue weighted by Crippen LogP contribution is -2.01. The Labute approximate surface area is 245 Å². The van der Waals surface area contributed by atoms with Gasteiger partial charge in [-0.25, -0.2) is 4.98 Å². The third-order valence-electron chi connectivity index (χ3n) is 7.89. The van der Waals surface area contributed by atoms with Crippen LogP contribution in [0, 0.1) is 6.92 Å². The van der Waals surface area contributed by atoms with Crippen molar-refractivity contribution in [3.8, 4) is 51.1 Å². The first-order valence-corrected chi connectivity index (χ1v) is 14.0. The number of fused-ring (bicyclic) bond motifs is 2. The van der Waals surface area contributed by atoms with Gasteiger partial charge in [-0.15, -0.1) is 0 Å². The Morgan fingerprint density at radius 2 is 1.10 bits per heavy atom. The highest BCUT2D eigenvalue weighted by Gasteiger charge is 2.25. The average Bonchev–Trinajstić information content (AvgIpc) is 3.44. The van der Waals surface area contributed by atoms with Gasteiger partial charge in [-0.05, 0) is 95.2 Å². The normalized spacial score (nSPS) is 11.2. The summed E-state index contributed by atoms with van der Waals surface area (Å²) < 4.78 is 13.3. The van der Waals surface area contributed by atoms with Gasteiger partial charge in [-0.2, -0.15) is 0 Å². The van der Waals surface area contributed by atoms with Gasteiger partial charge in [-0.1, -0.05) is 66.2 Å². The van der Waals surface area contributed by atoms with Crippen LogP contribution in [0.3, 0.4) is 0 Å². The van der Waals surface area contributed by atoms with Gasteiger partial charge < -0.3 is 9.47 Å². The molecule has 0 aliphatic heterocycles. The Hall–Kier alpha value is -5.35. The molecule has 7 rings (SSSR count). The molecule has 4 heteroatoms. The van der Waals surface area contributed by atoms with Crippen LogP contribution < -0.4 is 9.47 Å². The highest BCUT2D eigenvalue weighted by Crippen LogP contribution is 2.43. The molecule has 0 aliphatic carbocycles. The average molecular weight is 547 g/mol.